The van der Waals surface area contributed by atoms with Crippen molar-refractivity contribution in [1.82, 2.24) is 4.90 Å². The van der Waals surface area contributed by atoms with Crippen molar-refractivity contribution in [3.63, 3.8) is 0 Å². The largest absolute Gasteiger partial charge is 0.465 e. The van der Waals surface area contributed by atoms with E-state index in [0.717, 1.165) is 18.5 Å². The van der Waals surface area contributed by atoms with Gasteiger partial charge in [0.25, 0.3) is 0 Å². The van der Waals surface area contributed by atoms with Gasteiger partial charge < -0.3 is 15.7 Å². The molecule has 0 radical (unpaired) electrons. The number of benzene rings is 1. The zero-order chi connectivity index (χ0) is 12.3. The average molecular weight is 252 g/mol. The smallest absolute Gasteiger partial charge is 0.407 e. The molecule has 0 atom stereocenters. The van der Waals surface area contributed by atoms with E-state index < -0.39 is 6.09 Å². The second kappa shape index (κ2) is 5.31. The number of carbonyl (C=O) groups is 1. The molecular weight excluding hydrogens is 236 g/mol. The van der Waals surface area contributed by atoms with Crippen molar-refractivity contribution in [1.29, 1.82) is 0 Å². The van der Waals surface area contributed by atoms with Crippen molar-refractivity contribution in [2.24, 2.45) is 0 Å². The van der Waals surface area contributed by atoms with Gasteiger partial charge in [0.1, 0.15) is 0 Å². The Hall–Kier alpha value is -1.36. The highest BCUT2D eigenvalue weighted by Crippen LogP contribution is 2.30. The predicted molar refractivity (Wildman–Crippen MR) is 69.3 cm³/mol. The van der Waals surface area contributed by atoms with E-state index in [1.807, 2.05) is 36.0 Å². The molecule has 1 amide bonds. The molecule has 1 aliphatic heterocycles. The highest BCUT2D eigenvalue weighted by atomic mass is 32.2. The van der Waals surface area contributed by atoms with Crippen LogP contribution in [0.25, 0.3) is 0 Å². The number of hydrogen-bond acceptors (Lipinski definition) is 3. The van der Waals surface area contributed by atoms with Crippen molar-refractivity contribution in [3.05, 3.63) is 24.3 Å². The van der Waals surface area contributed by atoms with E-state index in [0.29, 0.717) is 18.3 Å². The lowest BCUT2D eigenvalue weighted by Gasteiger charge is -2.29. The molecule has 1 aliphatic rings. The molecule has 0 aliphatic carbocycles. The van der Waals surface area contributed by atoms with Gasteiger partial charge in [0, 0.05) is 28.9 Å². The Kier molecular flexibility index (Phi) is 3.78. The van der Waals surface area contributed by atoms with Crippen LogP contribution in [0.5, 0.6) is 0 Å². The van der Waals surface area contributed by atoms with Gasteiger partial charge in [-0.3, -0.25) is 0 Å². The number of hydrogen-bond donors (Lipinski definition) is 2. The zero-order valence-corrected chi connectivity index (χ0v) is 10.3. The number of likely N-dealkylation sites (tertiary alicyclic amines) is 1. The van der Waals surface area contributed by atoms with Gasteiger partial charge in [0.15, 0.2) is 0 Å². The standard InChI is InChI=1S/C12H16N2O2S/c13-9-1-3-10(4-2-9)17-11-5-7-14(8-6-11)12(15)16/h1-4,11H,5-8,13H2,(H,15,16). The van der Waals surface area contributed by atoms with Crippen LogP contribution in [0.2, 0.25) is 0 Å². The number of rotatable bonds is 2. The van der Waals surface area contributed by atoms with E-state index in [2.05, 4.69) is 0 Å². The lowest BCUT2D eigenvalue weighted by Crippen LogP contribution is -2.38. The summed E-state index contributed by atoms with van der Waals surface area (Å²) >= 11 is 1.81. The van der Waals surface area contributed by atoms with Crippen LogP contribution < -0.4 is 5.73 Å². The number of piperidine rings is 1. The molecular formula is C12H16N2O2S. The minimum atomic E-state index is -0.805. The van der Waals surface area contributed by atoms with Gasteiger partial charge in [-0.15, -0.1) is 11.8 Å². The molecule has 0 bridgehead atoms. The van der Waals surface area contributed by atoms with E-state index in [4.69, 9.17) is 10.8 Å². The molecule has 1 fully saturated rings. The molecule has 0 spiro atoms. The lowest BCUT2D eigenvalue weighted by atomic mass is 10.1. The summed E-state index contributed by atoms with van der Waals surface area (Å²) in [5.74, 6) is 0. The number of nitrogens with zero attached hydrogens (tertiary/aromatic N) is 1. The second-order valence-electron chi connectivity index (χ2n) is 4.16. The monoisotopic (exact) mass is 252 g/mol. The minimum absolute atomic E-state index is 0.509. The quantitative estimate of drug-likeness (QED) is 0.794. The lowest BCUT2D eigenvalue weighted by molar-refractivity contribution is 0.136. The second-order valence-corrected chi connectivity index (χ2v) is 5.53. The molecule has 1 saturated heterocycles. The molecule has 1 aromatic rings. The Morgan fingerprint density at radius 1 is 1.29 bits per heavy atom. The normalized spacial score (nSPS) is 17.1. The first-order valence-electron chi connectivity index (χ1n) is 5.65. The van der Waals surface area contributed by atoms with Crippen molar-refractivity contribution in [2.75, 3.05) is 18.8 Å². The predicted octanol–water partition coefficient (Wildman–Crippen LogP) is 2.50. The van der Waals surface area contributed by atoms with Gasteiger partial charge in [0.05, 0.1) is 0 Å². The van der Waals surface area contributed by atoms with Crippen LogP contribution in [0.1, 0.15) is 12.8 Å². The third kappa shape index (κ3) is 3.30. The van der Waals surface area contributed by atoms with Crippen LogP contribution in [0.3, 0.4) is 0 Å². The molecule has 0 saturated carbocycles. The molecule has 1 heterocycles. The highest BCUT2D eigenvalue weighted by molar-refractivity contribution is 8.00. The number of thioether (sulfide) groups is 1. The molecule has 4 nitrogen and oxygen atoms in total. The van der Waals surface area contributed by atoms with Crippen LogP contribution in [-0.4, -0.2) is 34.4 Å². The Labute approximate surface area is 105 Å². The Morgan fingerprint density at radius 3 is 2.41 bits per heavy atom. The number of carboxylic acid groups (broad SMARTS) is 1. The fourth-order valence-electron chi connectivity index (χ4n) is 1.90. The fraction of sp³-hybridized carbons (Fsp3) is 0.417. The van der Waals surface area contributed by atoms with E-state index in [1.165, 1.54) is 9.80 Å². The summed E-state index contributed by atoms with van der Waals surface area (Å²) in [4.78, 5) is 13.5. The summed E-state index contributed by atoms with van der Waals surface area (Å²) in [6, 6.07) is 7.83. The molecule has 3 N–H and O–H groups in total. The van der Waals surface area contributed by atoms with Crippen molar-refractivity contribution in [2.45, 2.75) is 23.0 Å². The van der Waals surface area contributed by atoms with Gasteiger partial charge in [0.2, 0.25) is 0 Å². The summed E-state index contributed by atoms with van der Waals surface area (Å²) in [5, 5.41) is 9.36. The van der Waals surface area contributed by atoms with Crippen LogP contribution in [-0.2, 0) is 0 Å². The number of amides is 1. The van der Waals surface area contributed by atoms with Gasteiger partial charge in [-0.05, 0) is 37.1 Å². The SMILES string of the molecule is Nc1ccc(SC2CCN(C(=O)O)CC2)cc1. The maximum absolute atomic E-state index is 10.8. The first-order valence-corrected chi connectivity index (χ1v) is 6.53. The average Bonchev–Trinajstić information content (AvgIpc) is 2.33. The van der Waals surface area contributed by atoms with Crippen LogP contribution in [0, 0.1) is 0 Å². The first kappa shape index (κ1) is 12.1. The fourth-order valence-corrected chi connectivity index (χ4v) is 3.03. The zero-order valence-electron chi connectivity index (χ0n) is 9.50. The minimum Gasteiger partial charge on any atom is -0.465 e. The van der Waals surface area contributed by atoms with E-state index in [1.54, 1.807) is 0 Å². The molecule has 5 heteroatoms. The van der Waals surface area contributed by atoms with Crippen molar-refractivity contribution in [3.8, 4) is 0 Å². The molecule has 0 aromatic heterocycles. The maximum Gasteiger partial charge on any atom is 0.407 e. The van der Waals surface area contributed by atoms with Crippen LogP contribution >= 0.6 is 11.8 Å². The summed E-state index contributed by atoms with van der Waals surface area (Å²) in [6.07, 6.45) is 1.03. The molecule has 92 valence electrons. The van der Waals surface area contributed by atoms with Crippen LogP contribution in [0.15, 0.2) is 29.2 Å². The number of anilines is 1. The maximum atomic E-state index is 10.8. The van der Waals surface area contributed by atoms with Gasteiger partial charge >= 0.3 is 6.09 Å². The number of nitrogen functional groups attached to an aromatic ring is 1. The summed E-state index contributed by atoms with van der Waals surface area (Å²) in [6.45, 7) is 1.28. The van der Waals surface area contributed by atoms with Crippen LogP contribution in [0.4, 0.5) is 10.5 Å². The summed E-state index contributed by atoms with van der Waals surface area (Å²) < 4.78 is 0. The number of nitrogens with two attached hydrogens (primary N) is 1. The molecule has 0 unspecified atom stereocenters. The third-order valence-electron chi connectivity index (χ3n) is 2.90. The summed E-state index contributed by atoms with van der Waals surface area (Å²) in [5.41, 5.74) is 6.40. The summed E-state index contributed by atoms with van der Waals surface area (Å²) in [7, 11) is 0. The molecule has 17 heavy (non-hydrogen) atoms. The van der Waals surface area contributed by atoms with Crippen molar-refractivity contribution < 1.29 is 9.90 Å². The Morgan fingerprint density at radius 2 is 1.88 bits per heavy atom. The highest BCUT2D eigenvalue weighted by Gasteiger charge is 2.22. The first-order chi connectivity index (χ1) is 8.15. The van der Waals surface area contributed by atoms with Gasteiger partial charge in [-0.2, -0.15) is 0 Å². The van der Waals surface area contributed by atoms with Gasteiger partial charge in [-0.1, -0.05) is 0 Å². The van der Waals surface area contributed by atoms with Gasteiger partial charge in [-0.25, -0.2) is 4.79 Å². The Balaban J connectivity index is 1.85. The van der Waals surface area contributed by atoms with E-state index in [-0.39, 0.29) is 0 Å². The van der Waals surface area contributed by atoms with E-state index in [9.17, 15) is 4.79 Å². The molecule has 2 rings (SSSR count). The van der Waals surface area contributed by atoms with E-state index >= 15 is 0 Å². The molecule has 1 aromatic carbocycles. The van der Waals surface area contributed by atoms with Crippen molar-refractivity contribution >= 4 is 23.5 Å². The Bertz CT molecular complexity index is 386. The topological polar surface area (TPSA) is 66.6 Å². The third-order valence-corrected chi connectivity index (χ3v) is 4.24.